The number of pyridine rings is 1. The molecule has 1 amide bonds. The highest BCUT2D eigenvalue weighted by atomic mass is 32.1. The van der Waals surface area contributed by atoms with Crippen LogP contribution >= 0.6 is 11.3 Å². The first-order valence-electron chi connectivity index (χ1n) is 8.84. The van der Waals surface area contributed by atoms with Crippen molar-refractivity contribution < 1.29 is 22.7 Å². The smallest absolute Gasteiger partial charge is 0.422 e. The molecule has 0 saturated heterocycles. The van der Waals surface area contributed by atoms with Crippen molar-refractivity contribution in [3.05, 3.63) is 53.4 Å². The van der Waals surface area contributed by atoms with Crippen LogP contribution in [0.1, 0.15) is 30.1 Å². The quantitative estimate of drug-likeness (QED) is 0.566. The molecule has 3 heterocycles. The lowest BCUT2D eigenvalue weighted by atomic mass is 10.2. The van der Waals surface area contributed by atoms with Crippen LogP contribution in [0.25, 0.3) is 11.4 Å². The Balaban J connectivity index is 1.47. The molecule has 3 rings (SSSR count). The number of carbonyl (C=O) groups is 1. The summed E-state index contributed by atoms with van der Waals surface area (Å²) in [6, 6.07) is 8.32. The monoisotopic (exact) mass is 424 g/mol. The number of alkyl halides is 3. The SMILES string of the molecule is CC(NC(=O)CCc1nc(-c2ccccn2)c[nH]1)c1ccc(OCC(F)(F)F)s1. The molecular formula is C19H19F3N4O2S. The third kappa shape index (κ3) is 6.31. The Kier molecular flexibility index (Phi) is 6.53. The van der Waals surface area contributed by atoms with E-state index in [4.69, 9.17) is 4.74 Å². The maximum absolute atomic E-state index is 12.2. The average Bonchev–Trinajstić information content (AvgIpc) is 3.35. The van der Waals surface area contributed by atoms with Crippen LogP contribution in [0.15, 0.2) is 42.7 Å². The number of hydrogen-bond acceptors (Lipinski definition) is 5. The second-order valence-corrected chi connectivity index (χ2v) is 7.38. The minimum absolute atomic E-state index is 0.163. The van der Waals surface area contributed by atoms with E-state index in [9.17, 15) is 18.0 Å². The zero-order valence-electron chi connectivity index (χ0n) is 15.5. The van der Waals surface area contributed by atoms with Gasteiger partial charge in [-0.05, 0) is 31.2 Å². The number of carbonyl (C=O) groups excluding carboxylic acids is 1. The van der Waals surface area contributed by atoms with E-state index < -0.39 is 12.8 Å². The van der Waals surface area contributed by atoms with Gasteiger partial charge in [-0.2, -0.15) is 13.2 Å². The minimum atomic E-state index is -4.38. The Morgan fingerprint density at radius 3 is 2.83 bits per heavy atom. The summed E-state index contributed by atoms with van der Waals surface area (Å²) >= 11 is 1.08. The van der Waals surface area contributed by atoms with Crippen LogP contribution in [0, 0.1) is 0 Å². The lowest BCUT2D eigenvalue weighted by Gasteiger charge is -2.12. The molecule has 0 bridgehead atoms. The second kappa shape index (κ2) is 9.08. The predicted octanol–water partition coefficient (Wildman–Crippen LogP) is 4.28. The summed E-state index contributed by atoms with van der Waals surface area (Å²) in [5.74, 6) is 0.492. The van der Waals surface area contributed by atoms with Gasteiger partial charge in [0.05, 0.1) is 11.7 Å². The summed E-state index contributed by atoms with van der Waals surface area (Å²) in [4.78, 5) is 24.6. The fourth-order valence-corrected chi connectivity index (χ4v) is 3.41. The van der Waals surface area contributed by atoms with Gasteiger partial charge in [0.25, 0.3) is 0 Å². The first kappa shape index (κ1) is 20.8. The Labute approximate surface area is 169 Å². The van der Waals surface area contributed by atoms with Crippen LogP contribution in [-0.2, 0) is 11.2 Å². The summed E-state index contributed by atoms with van der Waals surface area (Å²) in [7, 11) is 0. The van der Waals surface area contributed by atoms with Gasteiger partial charge in [0.2, 0.25) is 5.91 Å². The number of thiophene rings is 1. The summed E-state index contributed by atoms with van der Waals surface area (Å²) < 4.78 is 41.4. The molecule has 0 aliphatic rings. The number of ether oxygens (including phenoxy) is 1. The molecule has 3 aromatic heterocycles. The second-order valence-electron chi connectivity index (χ2n) is 6.30. The number of amides is 1. The molecule has 0 aliphatic carbocycles. The maximum atomic E-state index is 12.2. The van der Waals surface area contributed by atoms with Crippen molar-refractivity contribution in [3.63, 3.8) is 0 Å². The van der Waals surface area contributed by atoms with E-state index in [0.29, 0.717) is 22.8 Å². The largest absolute Gasteiger partial charge is 0.475 e. The van der Waals surface area contributed by atoms with Gasteiger partial charge < -0.3 is 15.0 Å². The van der Waals surface area contributed by atoms with Crippen LogP contribution in [0.5, 0.6) is 5.06 Å². The van der Waals surface area contributed by atoms with E-state index in [0.717, 1.165) is 17.0 Å². The summed E-state index contributed by atoms with van der Waals surface area (Å²) in [6.07, 6.45) is -0.306. The van der Waals surface area contributed by atoms with Crippen molar-refractivity contribution in [1.29, 1.82) is 0 Å². The number of rotatable bonds is 8. The number of aromatic nitrogens is 3. The number of halogens is 3. The first-order chi connectivity index (χ1) is 13.8. The van der Waals surface area contributed by atoms with Crippen molar-refractivity contribution in [2.75, 3.05) is 6.61 Å². The van der Waals surface area contributed by atoms with Gasteiger partial charge in [-0.3, -0.25) is 9.78 Å². The number of aryl methyl sites for hydroxylation is 1. The number of hydrogen-bond donors (Lipinski definition) is 2. The van der Waals surface area contributed by atoms with Crippen molar-refractivity contribution >= 4 is 17.2 Å². The normalized spacial score (nSPS) is 12.6. The minimum Gasteiger partial charge on any atom is -0.475 e. The molecule has 3 aromatic rings. The molecule has 0 fully saturated rings. The lowest BCUT2D eigenvalue weighted by Crippen LogP contribution is -2.26. The zero-order valence-corrected chi connectivity index (χ0v) is 16.3. The lowest BCUT2D eigenvalue weighted by molar-refractivity contribution is -0.152. The number of nitrogens with zero attached hydrogens (tertiary/aromatic N) is 2. The van der Waals surface area contributed by atoms with Crippen LogP contribution in [0.3, 0.4) is 0 Å². The molecule has 1 unspecified atom stereocenters. The molecule has 0 spiro atoms. The highest BCUT2D eigenvalue weighted by Gasteiger charge is 2.28. The van der Waals surface area contributed by atoms with E-state index in [1.54, 1.807) is 25.4 Å². The fraction of sp³-hybridized carbons (Fsp3) is 0.316. The Bertz CT molecular complexity index is 940. The first-order valence-corrected chi connectivity index (χ1v) is 9.66. The van der Waals surface area contributed by atoms with E-state index in [1.165, 1.54) is 6.07 Å². The van der Waals surface area contributed by atoms with Gasteiger partial charge in [-0.25, -0.2) is 4.98 Å². The molecule has 29 heavy (non-hydrogen) atoms. The van der Waals surface area contributed by atoms with Crippen LogP contribution in [0.4, 0.5) is 13.2 Å². The molecule has 0 aliphatic heterocycles. The molecule has 0 saturated carbocycles. The van der Waals surface area contributed by atoms with E-state index in [-0.39, 0.29) is 23.4 Å². The van der Waals surface area contributed by atoms with Crippen LogP contribution < -0.4 is 10.1 Å². The number of imidazole rings is 1. The van der Waals surface area contributed by atoms with Crippen LogP contribution in [-0.4, -0.2) is 33.6 Å². The topological polar surface area (TPSA) is 79.9 Å². The highest BCUT2D eigenvalue weighted by Crippen LogP contribution is 2.30. The number of aromatic amines is 1. The van der Waals surface area contributed by atoms with Crippen molar-refractivity contribution in [3.8, 4) is 16.5 Å². The predicted molar refractivity (Wildman–Crippen MR) is 103 cm³/mol. The number of H-pyrrole nitrogens is 1. The Hall–Kier alpha value is -2.88. The van der Waals surface area contributed by atoms with Gasteiger partial charge in [-0.1, -0.05) is 6.07 Å². The molecule has 10 heteroatoms. The summed E-state index contributed by atoms with van der Waals surface area (Å²) in [5.41, 5.74) is 1.45. The van der Waals surface area contributed by atoms with Crippen molar-refractivity contribution in [1.82, 2.24) is 20.3 Å². The third-order valence-electron chi connectivity index (χ3n) is 3.93. The van der Waals surface area contributed by atoms with Gasteiger partial charge in [-0.15, -0.1) is 11.3 Å². The maximum Gasteiger partial charge on any atom is 0.422 e. The highest BCUT2D eigenvalue weighted by molar-refractivity contribution is 7.13. The molecule has 154 valence electrons. The standard InChI is InChI=1S/C19H19F3N4O2S/c1-12(15-5-8-18(29-15)28-11-19(20,21)22)25-17(27)7-6-16-24-10-14(26-16)13-4-2-3-9-23-13/h2-5,8-10,12H,6-7,11H2,1H3,(H,24,26)(H,25,27). The third-order valence-corrected chi connectivity index (χ3v) is 5.11. The Morgan fingerprint density at radius 2 is 2.10 bits per heavy atom. The fourth-order valence-electron chi connectivity index (χ4n) is 2.55. The van der Waals surface area contributed by atoms with E-state index in [2.05, 4.69) is 20.3 Å². The van der Waals surface area contributed by atoms with Crippen molar-refractivity contribution in [2.45, 2.75) is 32.0 Å². The van der Waals surface area contributed by atoms with Gasteiger partial charge in [0, 0.05) is 30.1 Å². The molecule has 2 N–H and O–H groups in total. The number of nitrogens with one attached hydrogen (secondary N) is 2. The molecular weight excluding hydrogens is 405 g/mol. The molecule has 6 nitrogen and oxygen atoms in total. The molecule has 0 radical (unpaired) electrons. The van der Waals surface area contributed by atoms with Crippen molar-refractivity contribution in [2.24, 2.45) is 0 Å². The van der Waals surface area contributed by atoms with Gasteiger partial charge >= 0.3 is 6.18 Å². The molecule has 0 aromatic carbocycles. The average molecular weight is 424 g/mol. The zero-order chi connectivity index (χ0) is 20.9. The summed E-state index contributed by atoms with van der Waals surface area (Å²) in [6.45, 7) is 0.431. The van der Waals surface area contributed by atoms with Crippen LogP contribution in [0.2, 0.25) is 0 Å². The molecule has 1 atom stereocenters. The summed E-state index contributed by atoms with van der Waals surface area (Å²) in [5, 5.41) is 2.99. The Morgan fingerprint density at radius 1 is 1.28 bits per heavy atom. The van der Waals surface area contributed by atoms with Gasteiger partial charge in [0.15, 0.2) is 11.7 Å². The van der Waals surface area contributed by atoms with Gasteiger partial charge in [0.1, 0.15) is 11.5 Å². The van der Waals surface area contributed by atoms with E-state index in [1.807, 2.05) is 18.2 Å². The van der Waals surface area contributed by atoms with E-state index >= 15 is 0 Å².